The Morgan fingerprint density at radius 2 is 1.55 bits per heavy atom. The van der Waals surface area contributed by atoms with Crippen LogP contribution >= 0.6 is 15.2 Å². The zero-order valence-electron chi connectivity index (χ0n) is 11.8. The molecule has 1 amide bonds. The van der Waals surface area contributed by atoms with Gasteiger partial charge in [0, 0.05) is 19.5 Å². The van der Waals surface area contributed by atoms with Crippen LogP contribution in [-0.4, -0.2) is 65.4 Å². The van der Waals surface area contributed by atoms with Gasteiger partial charge >= 0.3 is 15.2 Å². The molecule has 22 heavy (non-hydrogen) atoms. The summed E-state index contributed by atoms with van der Waals surface area (Å²) in [7, 11) is -10.8. The highest BCUT2D eigenvalue weighted by Gasteiger charge is 2.58. The highest BCUT2D eigenvalue weighted by atomic mass is 31.2. The molecule has 0 aromatic carbocycles. The molecule has 1 saturated heterocycles. The summed E-state index contributed by atoms with van der Waals surface area (Å²) in [6.07, 6.45) is 0.197. The SMILES string of the molecule is O=C(CO)N1CCC(CCC(O)(P(=O)(O)O)P(=O)(O)O)CC1. The third kappa shape index (κ3) is 4.37. The van der Waals surface area contributed by atoms with Crippen LogP contribution in [0.3, 0.4) is 0 Å². The van der Waals surface area contributed by atoms with Crippen LogP contribution < -0.4 is 0 Å². The number of likely N-dealkylation sites (tertiary alicyclic amines) is 1. The first kappa shape index (κ1) is 19.7. The van der Waals surface area contributed by atoms with E-state index in [1.165, 1.54) is 4.90 Å². The first-order chi connectivity index (χ1) is 9.92. The van der Waals surface area contributed by atoms with Gasteiger partial charge in [-0.25, -0.2) is 0 Å². The smallest absolute Gasteiger partial charge is 0.369 e. The summed E-state index contributed by atoms with van der Waals surface area (Å²) in [5.41, 5.74) is 0. The molecule has 1 fully saturated rings. The van der Waals surface area contributed by atoms with Gasteiger partial charge in [0.1, 0.15) is 6.61 Å². The molecule has 0 bridgehead atoms. The maximum atomic E-state index is 11.3. The molecule has 0 aromatic heterocycles. The lowest BCUT2D eigenvalue weighted by molar-refractivity contribution is -0.135. The maximum absolute atomic E-state index is 11.3. The standard InChI is InChI=1S/C10H21NO9P2/c12-7-9(13)11-5-2-8(3-6-11)1-4-10(14,21(15,16)17)22(18,19)20/h8,12,14H,1-7H2,(H2,15,16,17)(H2,18,19,20). The van der Waals surface area contributed by atoms with Crippen molar-refractivity contribution in [1.29, 1.82) is 0 Å². The third-order valence-electron chi connectivity index (χ3n) is 3.92. The van der Waals surface area contributed by atoms with E-state index in [1.807, 2.05) is 0 Å². The molecule has 6 N–H and O–H groups in total. The van der Waals surface area contributed by atoms with Crippen molar-refractivity contribution in [3.05, 3.63) is 0 Å². The van der Waals surface area contributed by atoms with Crippen molar-refractivity contribution in [3.63, 3.8) is 0 Å². The Labute approximate surface area is 127 Å². The molecule has 0 radical (unpaired) electrons. The molecule has 1 heterocycles. The largest absolute Gasteiger partial charge is 0.387 e. The van der Waals surface area contributed by atoms with Crippen LogP contribution in [0.5, 0.6) is 0 Å². The molecule has 12 heteroatoms. The zero-order valence-corrected chi connectivity index (χ0v) is 13.6. The van der Waals surface area contributed by atoms with Crippen molar-refractivity contribution in [2.45, 2.75) is 30.8 Å². The lowest BCUT2D eigenvalue weighted by Crippen LogP contribution is -2.40. The molecule has 0 spiro atoms. The quantitative estimate of drug-likeness (QED) is 0.324. The van der Waals surface area contributed by atoms with Gasteiger partial charge in [0.2, 0.25) is 5.91 Å². The van der Waals surface area contributed by atoms with Gasteiger partial charge in [-0.1, -0.05) is 0 Å². The Hall–Kier alpha value is -0.310. The van der Waals surface area contributed by atoms with Crippen molar-refractivity contribution in [3.8, 4) is 0 Å². The van der Waals surface area contributed by atoms with Crippen molar-refractivity contribution < 1.29 is 43.7 Å². The van der Waals surface area contributed by atoms with E-state index < -0.39 is 39.2 Å². The number of carbonyl (C=O) groups excluding carboxylic acids is 1. The van der Waals surface area contributed by atoms with E-state index in [0.29, 0.717) is 25.9 Å². The molecule has 10 nitrogen and oxygen atoms in total. The second kappa shape index (κ2) is 7.07. The summed E-state index contributed by atoms with van der Waals surface area (Å²) in [6, 6.07) is 0. The average molecular weight is 361 g/mol. The fourth-order valence-electron chi connectivity index (χ4n) is 2.43. The van der Waals surface area contributed by atoms with Crippen LogP contribution in [-0.2, 0) is 13.9 Å². The molecule has 130 valence electrons. The minimum Gasteiger partial charge on any atom is -0.387 e. The van der Waals surface area contributed by atoms with Crippen molar-refractivity contribution in [2.75, 3.05) is 19.7 Å². The van der Waals surface area contributed by atoms with Gasteiger partial charge in [-0.15, -0.1) is 0 Å². The van der Waals surface area contributed by atoms with Crippen molar-refractivity contribution in [2.24, 2.45) is 5.92 Å². The second-order valence-electron chi connectivity index (χ2n) is 5.38. The third-order valence-corrected chi connectivity index (χ3v) is 7.80. The van der Waals surface area contributed by atoms with Crippen molar-refractivity contribution >= 4 is 21.1 Å². The molecule has 1 rings (SSSR count). The Morgan fingerprint density at radius 3 is 1.91 bits per heavy atom. The number of hydrogen-bond acceptors (Lipinski definition) is 5. The zero-order chi connectivity index (χ0) is 17.2. The number of hydrogen-bond donors (Lipinski definition) is 6. The van der Waals surface area contributed by atoms with E-state index in [4.69, 9.17) is 24.7 Å². The van der Waals surface area contributed by atoms with Crippen molar-refractivity contribution in [1.82, 2.24) is 4.90 Å². The average Bonchev–Trinajstić information content (AvgIpc) is 2.42. The predicted octanol–water partition coefficient (Wildman–Crippen LogP) is -1.00. The Balaban J connectivity index is 2.64. The van der Waals surface area contributed by atoms with Gasteiger partial charge in [-0.3, -0.25) is 13.9 Å². The van der Waals surface area contributed by atoms with E-state index in [2.05, 4.69) is 0 Å². The minimum absolute atomic E-state index is 0.00781. The molecule has 0 saturated carbocycles. The molecular formula is C10H21NO9P2. The van der Waals surface area contributed by atoms with Crippen LogP contribution in [0.1, 0.15) is 25.7 Å². The number of carbonyl (C=O) groups is 1. The monoisotopic (exact) mass is 361 g/mol. The molecule has 0 aromatic rings. The maximum Gasteiger partial charge on any atom is 0.369 e. The lowest BCUT2D eigenvalue weighted by Gasteiger charge is -2.34. The van der Waals surface area contributed by atoms with Gasteiger partial charge in [0.15, 0.2) is 0 Å². The summed E-state index contributed by atoms with van der Waals surface area (Å²) in [5.74, 6) is -0.548. The van der Waals surface area contributed by atoms with E-state index in [0.717, 1.165) is 0 Å². The second-order valence-corrected chi connectivity index (χ2v) is 9.39. The fourth-order valence-corrected chi connectivity index (χ4v) is 4.63. The van der Waals surface area contributed by atoms with Crippen LogP contribution in [0.2, 0.25) is 0 Å². The first-order valence-electron chi connectivity index (χ1n) is 6.64. The molecule has 1 aliphatic rings. The number of aliphatic hydroxyl groups is 2. The highest BCUT2D eigenvalue weighted by Crippen LogP contribution is 2.69. The lowest BCUT2D eigenvalue weighted by atomic mass is 9.92. The predicted molar refractivity (Wildman–Crippen MR) is 74.7 cm³/mol. The topological polar surface area (TPSA) is 176 Å². The molecular weight excluding hydrogens is 340 g/mol. The minimum atomic E-state index is -5.41. The number of nitrogens with zero attached hydrogens (tertiary/aromatic N) is 1. The Bertz CT molecular complexity index is 469. The summed E-state index contributed by atoms with van der Waals surface area (Å²) >= 11 is 0. The van der Waals surface area contributed by atoms with Crippen LogP contribution in [0, 0.1) is 5.92 Å². The van der Waals surface area contributed by atoms with Gasteiger partial charge in [0.05, 0.1) is 0 Å². The molecule has 0 aliphatic carbocycles. The Kier molecular flexibility index (Phi) is 6.34. The number of amides is 1. The van der Waals surface area contributed by atoms with E-state index >= 15 is 0 Å². The summed E-state index contributed by atoms with van der Waals surface area (Å²) in [4.78, 5) is 48.9. The van der Waals surface area contributed by atoms with Gasteiger partial charge in [0.25, 0.3) is 5.08 Å². The van der Waals surface area contributed by atoms with Crippen LogP contribution in [0.25, 0.3) is 0 Å². The Morgan fingerprint density at radius 1 is 1.09 bits per heavy atom. The number of piperidine rings is 1. The van der Waals surface area contributed by atoms with Gasteiger partial charge < -0.3 is 34.7 Å². The van der Waals surface area contributed by atoms with Crippen LogP contribution in [0.4, 0.5) is 0 Å². The van der Waals surface area contributed by atoms with Crippen LogP contribution in [0.15, 0.2) is 0 Å². The fraction of sp³-hybridized carbons (Fsp3) is 0.900. The summed E-state index contributed by atoms with van der Waals surface area (Å²) < 4.78 is 22.4. The first-order valence-corrected chi connectivity index (χ1v) is 9.87. The molecule has 1 aliphatic heterocycles. The highest BCUT2D eigenvalue weighted by molar-refractivity contribution is 7.72. The molecule has 0 atom stereocenters. The number of aliphatic hydroxyl groups excluding tert-OH is 1. The number of rotatable bonds is 6. The molecule has 0 unspecified atom stereocenters. The normalized spacial score (nSPS) is 18.5. The summed E-state index contributed by atoms with van der Waals surface area (Å²) in [6.45, 7) is 0.0868. The summed E-state index contributed by atoms with van der Waals surface area (Å²) in [5, 5.41) is 15.1. The van der Waals surface area contributed by atoms with E-state index in [9.17, 15) is 19.0 Å². The van der Waals surface area contributed by atoms with E-state index in [1.54, 1.807) is 0 Å². The van der Waals surface area contributed by atoms with Gasteiger partial charge in [-0.05, 0) is 25.2 Å². The van der Waals surface area contributed by atoms with E-state index in [-0.39, 0.29) is 12.3 Å². The van der Waals surface area contributed by atoms with Gasteiger partial charge in [-0.2, -0.15) is 0 Å².